The molecule has 8 nitrogen and oxygen atoms in total. The van der Waals surface area contributed by atoms with Crippen molar-refractivity contribution in [3.05, 3.63) is 88.1 Å². The molecule has 1 fully saturated rings. The summed E-state index contributed by atoms with van der Waals surface area (Å²) in [6.45, 7) is 2.78. The van der Waals surface area contributed by atoms with Gasteiger partial charge < -0.3 is 15.1 Å². The van der Waals surface area contributed by atoms with Crippen LogP contribution in [0.4, 0.5) is 0 Å². The van der Waals surface area contributed by atoms with Gasteiger partial charge in [-0.25, -0.2) is 8.42 Å². The minimum Gasteiger partial charge on any atom is -0.336 e. The molecule has 0 radical (unpaired) electrons. The summed E-state index contributed by atoms with van der Waals surface area (Å²) in [7, 11) is -4.21. The maximum Gasteiger partial charge on any atom is 0.262 e. The van der Waals surface area contributed by atoms with Gasteiger partial charge in [-0.15, -0.1) is 11.3 Å². The molecule has 3 aromatic rings. The normalized spacial score (nSPS) is 14.9. The number of piperazine rings is 1. The summed E-state index contributed by atoms with van der Waals surface area (Å²) < 4.78 is 26.8. The highest BCUT2D eigenvalue weighted by Crippen LogP contribution is 2.19. The molecule has 0 bridgehead atoms. The van der Waals surface area contributed by atoms with Crippen molar-refractivity contribution >= 4 is 38.9 Å². The van der Waals surface area contributed by atoms with E-state index >= 15 is 0 Å². The largest absolute Gasteiger partial charge is 0.336 e. The summed E-state index contributed by atoms with van der Waals surface area (Å²) in [6.07, 6.45) is 0. The summed E-state index contributed by atoms with van der Waals surface area (Å²) in [5.41, 5.74) is 1.61. The lowest BCUT2D eigenvalue weighted by atomic mass is 10.1. The standard InChI is InChI=1S/C25H25N3O5S2/c1-18-9-11-19(12-10-18)24(30)27-13-15-28(16-14-27)25(31)23(26-22(29)21-8-5-17-34-21)35(32,33)20-6-3-2-4-7-20/h2-12,17,23H,13-16H2,1H3,(H,26,29)/t23-/m0/s1. The molecule has 0 aliphatic carbocycles. The van der Waals surface area contributed by atoms with Crippen LogP contribution in [-0.2, 0) is 14.6 Å². The molecule has 1 aliphatic heterocycles. The van der Waals surface area contributed by atoms with Crippen LogP contribution in [0.1, 0.15) is 25.6 Å². The lowest BCUT2D eigenvalue weighted by molar-refractivity contribution is -0.132. The van der Waals surface area contributed by atoms with Crippen molar-refractivity contribution in [3.8, 4) is 0 Å². The molecule has 4 rings (SSSR count). The zero-order chi connectivity index (χ0) is 25.0. The third kappa shape index (κ3) is 5.44. The molecule has 0 saturated carbocycles. The Kier molecular flexibility index (Phi) is 7.32. The first-order valence-electron chi connectivity index (χ1n) is 11.1. The number of thiophene rings is 1. The second kappa shape index (κ2) is 10.4. The van der Waals surface area contributed by atoms with Crippen molar-refractivity contribution in [1.82, 2.24) is 15.1 Å². The molecule has 3 amide bonds. The topological polar surface area (TPSA) is 104 Å². The van der Waals surface area contributed by atoms with Gasteiger partial charge in [0.1, 0.15) is 0 Å². The van der Waals surface area contributed by atoms with Crippen molar-refractivity contribution in [2.24, 2.45) is 0 Å². The monoisotopic (exact) mass is 511 g/mol. The van der Waals surface area contributed by atoms with Gasteiger partial charge in [0.15, 0.2) is 0 Å². The van der Waals surface area contributed by atoms with Gasteiger partial charge in [-0.3, -0.25) is 14.4 Å². The fourth-order valence-electron chi connectivity index (χ4n) is 3.79. The first-order valence-corrected chi connectivity index (χ1v) is 13.5. The van der Waals surface area contributed by atoms with Crippen LogP contribution < -0.4 is 5.32 Å². The zero-order valence-corrected chi connectivity index (χ0v) is 20.7. The number of carbonyl (C=O) groups is 3. The van der Waals surface area contributed by atoms with Crippen molar-refractivity contribution < 1.29 is 22.8 Å². The Hall–Kier alpha value is -3.50. The van der Waals surface area contributed by atoms with Crippen molar-refractivity contribution in [2.45, 2.75) is 17.2 Å². The molecule has 0 spiro atoms. The number of aryl methyl sites for hydroxylation is 1. The van der Waals surface area contributed by atoms with E-state index in [-0.39, 0.29) is 37.0 Å². The molecule has 182 valence electrons. The van der Waals surface area contributed by atoms with Crippen molar-refractivity contribution in [2.75, 3.05) is 26.2 Å². The third-order valence-corrected chi connectivity index (χ3v) is 8.53. The first-order chi connectivity index (χ1) is 16.8. The van der Waals surface area contributed by atoms with E-state index in [1.807, 2.05) is 19.1 Å². The Labute approximate surface area is 208 Å². The van der Waals surface area contributed by atoms with E-state index in [1.165, 1.54) is 17.0 Å². The number of hydrogen-bond donors (Lipinski definition) is 1. The highest BCUT2D eigenvalue weighted by molar-refractivity contribution is 7.92. The minimum atomic E-state index is -4.21. The number of amides is 3. The van der Waals surface area contributed by atoms with Crippen LogP contribution in [0.15, 0.2) is 77.0 Å². The predicted octanol–water partition coefficient (Wildman–Crippen LogP) is 2.57. The Bertz CT molecular complexity index is 1300. The second-order valence-electron chi connectivity index (χ2n) is 8.17. The number of sulfone groups is 1. The SMILES string of the molecule is Cc1ccc(C(=O)N2CCN(C(=O)[C@@H](NC(=O)c3cccs3)S(=O)(=O)c3ccccc3)CC2)cc1. The van der Waals surface area contributed by atoms with Crippen LogP contribution in [0.25, 0.3) is 0 Å². The molecule has 0 unspecified atom stereocenters. The summed E-state index contributed by atoms with van der Waals surface area (Å²) in [5, 5.41) is 2.35. The van der Waals surface area contributed by atoms with Crippen molar-refractivity contribution in [3.63, 3.8) is 0 Å². The van der Waals surface area contributed by atoms with Gasteiger partial charge in [0.05, 0.1) is 9.77 Å². The molecule has 1 atom stereocenters. The van der Waals surface area contributed by atoms with E-state index in [0.29, 0.717) is 10.4 Å². The highest BCUT2D eigenvalue weighted by atomic mass is 32.2. The highest BCUT2D eigenvalue weighted by Gasteiger charge is 2.39. The zero-order valence-electron chi connectivity index (χ0n) is 19.1. The molecule has 1 aliphatic rings. The number of rotatable bonds is 6. The number of benzene rings is 2. The quantitative estimate of drug-likeness (QED) is 0.548. The third-order valence-electron chi connectivity index (χ3n) is 5.79. The Balaban J connectivity index is 1.52. The molecule has 1 N–H and O–H groups in total. The van der Waals surface area contributed by atoms with Crippen LogP contribution in [-0.4, -0.2) is 67.5 Å². The fourth-order valence-corrected chi connectivity index (χ4v) is 5.90. The van der Waals surface area contributed by atoms with Gasteiger partial charge in [-0.05, 0) is 42.6 Å². The molecule has 1 aromatic heterocycles. The van der Waals surface area contributed by atoms with Gasteiger partial charge in [0.2, 0.25) is 15.2 Å². The lowest BCUT2D eigenvalue weighted by Gasteiger charge is -2.36. The number of hydrogen-bond acceptors (Lipinski definition) is 6. The van der Waals surface area contributed by atoms with E-state index in [2.05, 4.69) is 5.32 Å². The van der Waals surface area contributed by atoms with Crippen LogP contribution in [0, 0.1) is 6.92 Å². The second-order valence-corrected chi connectivity index (χ2v) is 11.2. The van der Waals surface area contributed by atoms with Gasteiger partial charge in [-0.2, -0.15) is 0 Å². The molecule has 1 saturated heterocycles. The van der Waals surface area contributed by atoms with Crippen LogP contribution in [0.2, 0.25) is 0 Å². The van der Waals surface area contributed by atoms with Crippen molar-refractivity contribution in [1.29, 1.82) is 0 Å². The lowest BCUT2D eigenvalue weighted by Crippen LogP contribution is -2.57. The van der Waals surface area contributed by atoms with E-state index in [1.54, 1.807) is 52.7 Å². The summed E-state index contributed by atoms with van der Waals surface area (Å²) in [4.78, 5) is 42.2. The Morgan fingerprint density at radius 2 is 1.49 bits per heavy atom. The van der Waals surface area contributed by atoms with Crippen LogP contribution >= 0.6 is 11.3 Å². The molecular formula is C25H25N3O5S2. The summed E-state index contributed by atoms with van der Waals surface area (Å²) in [5.74, 6) is -1.50. The average molecular weight is 512 g/mol. The maximum absolute atomic E-state index is 13.4. The number of nitrogens with zero attached hydrogens (tertiary/aromatic N) is 2. The fraction of sp³-hybridized carbons (Fsp3) is 0.240. The first kappa shape index (κ1) is 24.6. The van der Waals surface area contributed by atoms with E-state index < -0.39 is 27.0 Å². The van der Waals surface area contributed by atoms with Crippen LogP contribution in [0.5, 0.6) is 0 Å². The Morgan fingerprint density at radius 1 is 0.857 bits per heavy atom. The molecular weight excluding hydrogens is 486 g/mol. The van der Waals surface area contributed by atoms with E-state index in [4.69, 9.17) is 0 Å². The van der Waals surface area contributed by atoms with Crippen LogP contribution in [0.3, 0.4) is 0 Å². The molecule has 10 heteroatoms. The summed E-state index contributed by atoms with van der Waals surface area (Å²) >= 11 is 1.15. The predicted molar refractivity (Wildman–Crippen MR) is 133 cm³/mol. The van der Waals surface area contributed by atoms with Gasteiger partial charge in [-0.1, -0.05) is 42.0 Å². The smallest absolute Gasteiger partial charge is 0.262 e. The minimum absolute atomic E-state index is 0.0574. The van der Waals surface area contributed by atoms with Gasteiger partial charge in [0.25, 0.3) is 17.7 Å². The average Bonchev–Trinajstić information content (AvgIpc) is 3.43. The molecule has 2 aromatic carbocycles. The van der Waals surface area contributed by atoms with Gasteiger partial charge >= 0.3 is 0 Å². The van der Waals surface area contributed by atoms with E-state index in [9.17, 15) is 22.8 Å². The number of carbonyl (C=O) groups excluding carboxylic acids is 3. The van der Waals surface area contributed by atoms with E-state index in [0.717, 1.165) is 16.9 Å². The summed E-state index contributed by atoms with van der Waals surface area (Å²) in [6, 6.07) is 18.1. The van der Waals surface area contributed by atoms with Gasteiger partial charge in [0, 0.05) is 31.7 Å². The molecule has 35 heavy (non-hydrogen) atoms. The molecule has 2 heterocycles. The number of nitrogens with one attached hydrogen (secondary N) is 1. The Morgan fingerprint density at radius 3 is 2.09 bits per heavy atom. The maximum atomic E-state index is 13.4.